The third kappa shape index (κ3) is 4.91. The Bertz CT molecular complexity index is 716. The van der Waals surface area contributed by atoms with Crippen molar-refractivity contribution in [1.82, 2.24) is 4.90 Å². The number of rotatable bonds is 6. The minimum absolute atomic E-state index is 0.193. The molecule has 0 spiro atoms. The number of hydrogen-bond donors (Lipinski definition) is 1. The molecular weight excluding hydrogens is 324 g/mol. The van der Waals surface area contributed by atoms with Crippen LogP contribution in [0, 0.1) is 0 Å². The predicted octanol–water partition coefficient (Wildman–Crippen LogP) is 3.23. The molecule has 0 heterocycles. The molecule has 0 aliphatic heterocycles. The molecule has 2 aromatic rings. The number of anilines is 1. The topological polar surface area (TPSA) is 58.6 Å². The van der Waals surface area contributed by atoms with Gasteiger partial charge in [-0.15, -0.1) is 0 Å². The highest BCUT2D eigenvalue weighted by molar-refractivity contribution is 7.84. The van der Waals surface area contributed by atoms with Gasteiger partial charge in [-0.1, -0.05) is 30.3 Å². The number of nitrogens with one attached hydrogen (secondary N) is 1. The molecule has 2 aromatic carbocycles. The van der Waals surface area contributed by atoms with E-state index in [-0.39, 0.29) is 6.03 Å². The molecule has 0 aliphatic rings. The van der Waals surface area contributed by atoms with E-state index in [2.05, 4.69) is 5.32 Å². The van der Waals surface area contributed by atoms with Crippen LogP contribution < -0.4 is 5.32 Å². The second-order valence-corrected chi connectivity index (χ2v) is 6.85. The molecule has 0 saturated heterocycles. The number of carbonyl (C=O) groups excluding carboxylic acids is 1. The molecule has 2 amide bonds. The van der Waals surface area contributed by atoms with Crippen LogP contribution in [0.25, 0.3) is 0 Å². The summed E-state index contributed by atoms with van der Waals surface area (Å²) in [6.07, 6.45) is 1.64. The lowest BCUT2D eigenvalue weighted by atomic mass is 10.2. The van der Waals surface area contributed by atoms with E-state index in [4.69, 9.17) is 4.74 Å². The van der Waals surface area contributed by atoms with Crippen LogP contribution in [0.15, 0.2) is 53.4 Å². The van der Waals surface area contributed by atoms with Gasteiger partial charge in [0.25, 0.3) is 0 Å². The quantitative estimate of drug-likeness (QED) is 0.873. The first kappa shape index (κ1) is 18.2. The lowest BCUT2D eigenvalue weighted by molar-refractivity contribution is 0.185. The zero-order valence-corrected chi connectivity index (χ0v) is 14.9. The van der Waals surface area contributed by atoms with Crippen LogP contribution in [0.3, 0.4) is 0 Å². The van der Waals surface area contributed by atoms with Crippen molar-refractivity contribution in [3.05, 3.63) is 59.7 Å². The Kier molecular flexibility index (Phi) is 6.52. The van der Waals surface area contributed by atoms with Gasteiger partial charge in [0, 0.05) is 53.9 Å². The van der Waals surface area contributed by atoms with Crippen LogP contribution in [0.5, 0.6) is 0 Å². The minimum Gasteiger partial charge on any atom is -0.380 e. The SMILES string of the molecule is COCc1ccccc1NC(=O)N(C)Cc1ccc([S@](C)=O)cc1. The Morgan fingerprint density at radius 3 is 2.46 bits per heavy atom. The molecule has 0 aromatic heterocycles. The van der Waals surface area contributed by atoms with E-state index in [9.17, 15) is 9.00 Å². The average Bonchev–Trinajstić information content (AvgIpc) is 2.57. The van der Waals surface area contributed by atoms with Crippen LogP contribution in [-0.4, -0.2) is 35.6 Å². The molecule has 0 aliphatic carbocycles. The van der Waals surface area contributed by atoms with Gasteiger partial charge in [-0.05, 0) is 23.8 Å². The fourth-order valence-electron chi connectivity index (χ4n) is 2.27. The third-order valence-corrected chi connectivity index (χ3v) is 4.52. The summed E-state index contributed by atoms with van der Waals surface area (Å²) in [5.41, 5.74) is 2.65. The lowest BCUT2D eigenvalue weighted by Gasteiger charge is -2.19. The van der Waals surface area contributed by atoms with Crippen LogP contribution in [0.1, 0.15) is 11.1 Å². The van der Waals surface area contributed by atoms with Crippen molar-refractivity contribution in [1.29, 1.82) is 0 Å². The largest absolute Gasteiger partial charge is 0.380 e. The number of para-hydroxylation sites is 1. The first-order valence-corrected chi connectivity index (χ1v) is 9.08. The predicted molar refractivity (Wildman–Crippen MR) is 96.4 cm³/mol. The molecule has 0 fully saturated rings. The fraction of sp³-hybridized carbons (Fsp3) is 0.278. The summed E-state index contributed by atoms with van der Waals surface area (Å²) in [5.74, 6) is 0. The molecular formula is C18H22N2O3S. The van der Waals surface area contributed by atoms with Gasteiger partial charge in [0.15, 0.2) is 0 Å². The lowest BCUT2D eigenvalue weighted by Crippen LogP contribution is -2.31. The molecule has 0 saturated carbocycles. The zero-order valence-electron chi connectivity index (χ0n) is 14.1. The molecule has 5 nitrogen and oxygen atoms in total. The van der Waals surface area contributed by atoms with Gasteiger partial charge in [-0.3, -0.25) is 4.21 Å². The monoisotopic (exact) mass is 346 g/mol. The van der Waals surface area contributed by atoms with Crippen molar-refractivity contribution in [2.24, 2.45) is 0 Å². The van der Waals surface area contributed by atoms with E-state index < -0.39 is 10.8 Å². The Labute approximate surface area is 145 Å². The van der Waals surface area contributed by atoms with Gasteiger partial charge in [0.2, 0.25) is 0 Å². The van der Waals surface area contributed by atoms with Crippen molar-refractivity contribution in [3.8, 4) is 0 Å². The van der Waals surface area contributed by atoms with E-state index in [1.807, 2.05) is 48.5 Å². The van der Waals surface area contributed by atoms with Gasteiger partial charge in [-0.2, -0.15) is 0 Å². The van der Waals surface area contributed by atoms with Gasteiger partial charge in [0.1, 0.15) is 0 Å². The molecule has 24 heavy (non-hydrogen) atoms. The van der Waals surface area contributed by atoms with E-state index in [0.717, 1.165) is 21.7 Å². The van der Waals surface area contributed by atoms with Crippen LogP contribution >= 0.6 is 0 Å². The number of amides is 2. The Balaban J connectivity index is 2.01. The zero-order chi connectivity index (χ0) is 17.5. The van der Waals surface area contributed by atoms with Crippen LogP contribution in [0.2, 0.25) is 0 Å². The van der Waals surface area contributed by atoms with Gasteiger partial charge in [0.05, 0.1) is 6.61 Å². The molecule has 0 radical (unpaired) electrons. The van der Waals surface area contributed by atoms with Crippen molar-refractivity contribution < 1.29 is 13.7 Å². The van der Waals surface area contributed by atoms with Gasteiger partial charge < -0.3 is 15.0 Å². The van der Waals surface area contributed by atoms with Gasteiger partial charge >= 0.3 is 6.03 Å². The number of benzene rings is 2. The number of methoxy groups -OCH3 is 1. The normalized spacial score (nSPS) is 11.8. The summed E-state index contributed by atoms with van der Waals surface area (Å²) in [6, 6.07) is 14.8. The number of carbonyl (C=O) groups is 1. The highest BCUT2D eigenvalue weighted by Gasteiger charge is 2.11. The van der Waals surface area contributed by atoms with Crippen molar-refractivity contribution >= 4 is 22.5 Å². The molecule has 2 rings (SSSR count). The number of hydrogen-bond acceptors (Lipinski definition) is 3. The summed E-state index contributed by atoms with van der Waals surface area (Å²) in [4.78, 5) is 14.7. The maximum absolute atomic E-state index is 12.4. The third-order valence-electron chi connectivity index (χ3n) is 3.58. The molecule has 128 valence electrons. The van der Waals surface area contributed by atoms with Crippen molar-refractivity contribution in [3.63, 3.8) is 0 Å². The van der Waals surface area contributed by atoms with Crippen molar-refractivity contribution in [2.45, 2.75) is 18.0 Å². The standard InChI is InChI=1S/C18H22N2O3S/c1-20(12-14-8-10-16(11-9-14)24(3)22)18(21)19-17-7-5-4-6-15(17)13-23-2/h4-11H,12-13H2,1-3H3,(H,19,21)/t24-/m0/s1. The highest BCUT2D eigenvalue weighted by atomic mass is 32.2. The molecule has 6 heteroatoms. The summed E-state index contributed by atoms with van der Waals surface area (Å²) in [5, 5.41) is 2.90. The Hall–Kier alpha value is -2.18. The van der Waals surface area contributed by atoms with E-state index >= 15 is 0 Å². The maximum Gasteiger partial charge on any atom is 0.321 e. The highest BCUT2D eigenvalue weighted by Crippen LogP contribution is 2.17. The number of nitrogens with zero attached hydrogens (tertiary/aromatic N) is 1. The van der Waals surface area contributed by atoms with E-state index in [1.54, 1.807) is 25.3 Å². The van der Waals surface area contributed by atoms with E-state index in [1.165, 1.54) is 0 Å². The Morgan fingerprint density at radius 2 is 1.83 bits per heavy atom. The fourth-order valence-corrected chi connectivity index (χ4v) is 2.79. The Morgan fingerprint density at radius 1 is 1.17 bits per heavy atom. The molecule has 0 unspecified atom stereocenters. The average molecular weight is 346 g/mol. The van der Waals surface area contributed by atoms with Gasteiger partial charge in [-0.25, -0.2) is 4.79 Å². The van der Waals surface area contributed by atoms with Crippen molar-refractivity contribution in [2.75, 3.05) is 25.7 Å². The van der Waals surface area contributed by atoms with Crippen LogP contribution in [0.4, 0.5) is 10.5 Å². The second kappa shape index (κ2) is 8.61. The van der Waals surface area contributed by atoms with Crippen LogP contribution in [-0.2, 0) is 28.7 Å². The number of ether oxygens (including phenoxy) is 1. The first-order valence-electron chi connectivity index (χ1n) is 7.52. The summed E-state index contributed by atoms with van der Waals surface area (Å²) in [6.45, 7) is 0.907. The summed E-state index contributed by atoms with van der Waals surface area (Å²) in [7, 11) is 2.36. The molecule has 1 N–H and O–H groups in total. The molecule has 0 bridgehead atoms. The smallest absolute Gasteiger partial charge is 0.321 e. The van der Waals surface area contributed by atoms with E-state index in [0.29, 0.717) is 13.2 Å². The number of urea groups is 1. The minimum atomic E-state index is -0.995. The summed E-state index contributed by atoms with van der Waals surface area (Å²) < 4.78 is 16.5. The first-order chi connectivity index (χ1) is 11.5. The second-order valence-electron chi connectivity index (χ2n) is 5.47. The summed E-state index contributed by atoms with van der Waals surface area (Å²) >= 11 is 0. The molecule has 1 atom stereocenters. The maximum atomic E-state index is 12.4.